The Morgan fingerprint density at radius 3 is 2.38 bits per heavy atom. The van der Waals surface area contributed by atoms with Crippen molar-refractivity contribution in [2.45, 2.75) is 52.8 Å². The smallest absolute Gasteiger partial charge is 0.361 e. The molecule has 0 atom stereocenters. The van der Waals surface area contributed by atoms with Crippen molar-refractivity contribution in [3.05, 3.63) is 100 Å². The first-order valence-electron chi connectivity index (χ1n) is 13.1. The average Bonchev–Trinajstić information content (AvgIpc) is 3.53. The van der Waals surface area contributed by atoms with Crippen molar-refractivity contribution >= 4 is 17.6 Å². The minimum absolute atomic E-state index is 0.263. The summed E-state index contributed by atoms with van der Waals surface area (Å²) in [5, 5.41) is 5.09. The number of aromatic nitrogens is 5. The third kappa shape index (κ3) is 5.13. The number of para-hydroxylation sites is 1. The van der Waals surface area contributed by atoms with Gasteiger partial charge in [-0.1, -0.05) is 44.7 Å². The standard InChI is InChI=1S/C30H31F3N6/c1-5-21-8-7-9-22(6-2)28(21)39-27(20(4)10-11-25-19(3)12-14-34-25)24-18-38(15-13-26(24)37-39)29-35-16-23(17-36-29)30(31,32)33/h7-12,14,16-17,34H,4-6,13,15,18H2,1-3H3/b11-10-. The molecule has 0 aliphatic carbocycles. The van der Waals surface area contributed by atoms with Crippen LogP contribution in [0.2, 0.25) is 0 Å². The van der Waals surface area contributed by atoms with Gasteiger partial charge in [0.05, 0.1) is 22.6 Å². The van der Waals surface area contributed by atoms with Crippen molar-refractivity contribution in [2.75, 3.05) is 11.4 Å². The van der Waals surface area contributed by atoms with E-state index in [4.69, 9.17) is 5.10 Å². The highest BCUT2D eigenvalue weighted by Crippen LogP contribution is 2.34. The van der Waals surface area contributed by atoms with Gasteiger partial charge >= 0.3 is 6.18 Å². The highest BCUT2D eigenvalue weighted by molar-refractivity contribution is 5.79. The second-order valence-electron chi connectivity index (χ2n) is 9.69. The summed E-state index contributed by atoms with van der Waals surface area (Å²) in [7, 11) is 0. The van der Waals surface area contributed by atoms with Gasteiger partial charge in [0.1, 0.15) is 0 Å². The summed E-state index contributed by atoms with van der Waals surface area (Å²) in [6.07, 6.45) is 5.41. The van der Waals surface area contributed by atoms with Crippen LogP contribution >= 0.6 is 0 Å². The van der Waals surface area contributed by atoms with Crippen LogP contribution in [0.25, 0.3) is 17.3 Å². The molecule has 0 bridgehead atoms. The van der Waals surface area contributed by atoms with Crippen molar-refractivity contribution < 1.29 is 13.2 Å². The monoisotopic (exact) mass is 532 g/mol. The van der Waals surface area contributed by atoms with Gasteiger partial charge in [-0.2, -0.15) is 18.3 Å². The van der Waals surface area contributed by atoms with Crippen LogP contribution in [0.4, 0.5) is 19.1 Å². The first-order chi connectivity index (χ1) is 18.7. The van der Waals surface area contributed by atoms with Gasteiger partial charge in [-0.05, 0) is 54.2 Å². The van der Waals surface area contributed by atoms with Gasteiger partial charge in [0.2, 0.25) is 5.95 Å². The molecule has 4 aromatic rings. The zero-order chi connectivity index (χ0) is 27.7. The number of nitrogens with one attached hydrogen (secondary N) is 1. The van der Waals surface area contributed by atoms with E-state index in [2.05, 4.69) is 53.6 Å². The van der Waals surface area contributed by atoms with E-state index in [1.807, 2.05) is 40.9 Å². The van der Waals surface area contributed by atoms with E-state index in [1.165, 1.54) is 11.1 Å². The molecule has 3 aromatic heterocycles. The Labute approximate surface area is 225 Å². The molecule has 0 spiro atoms. The minimum atomic E-state index is -4.48. The summed E-state index contributed by atoms with van der Waals surface area (Å²) in [4.78, 5) is 13.2. The molecule has 1 aliphatic rings. The first-order valence-corrected chi connectivity index (χ1v) is 13.1. The third-order valence-electron chi connectivity index (χ3n) is 7.21. The van der Waals surface area contributed by atoms with E-state index in [9.17, 15) is 13.2 Å². The molecule has 6 nitrogen and oxygen atoms in total. The lowest BCUT2D eigenvalue weighted by molar-refractivity contribution is -0.138. The summed E-state index contributed by atoms with van der Waals surface area (Å²) < 4.78 is 41.2. The van der Waals surface area contributed by atoms with Crippen LogP contribution in [-0.4, -0.2) is 31.3 Å². The van der Waals surface area contributed by atoms with Crippen LogP contribution in [0.3, 0.4) is 0 Å². The van der Waals surface area contributed by atoms with Crippen molar-refractivity contribution in [3.8, 4) is 5.69 Å². The molecular weight excluding hydrogens is 501 g/mol. The van der Waals surface area contributed by atoms with E-state index in [-0.39, 0.29) is 5.95 Å². The summed E-state index contributed by atoms with van der Waals surface area (Å²) in [5.74, 6) is 0.263. The molecule has 0 fully saturated rings. The van der Waals surface area contributed by atoms with Gasteiger partial charge < -0.3 is 9.88 Å². The predicted molar refractivity (Wildman–Crippen MR) is 148 cm³/mol. The fourth-order valence-corrected chi connectivity index (χ4v) is 5.06. The molecule has 0 radical (unpaired) electrons. The molecule has 1 aromatic carbocycles. The molecule has 5 rings (SSSR count). The van der Waals surface area contributed by atoms with Gasteiger partial charge in [-0.25, -0.2) is 14.6 Å². The normalized spacial score (nSPS) is 13.7. The molecule has 39 heavy (non-hydrogen) atoms. The number of rotatable bonds is 7. The molecule has 4 heterocycles. The summed E-state index contributed by atoms with van der Waals surface area (Å²) in [5.41, 5.74) is 8.32. The van der Waals surface area contributed by atoms with Gasteiger partial charge in [0.15, 0.2) is 0 Å². The molecule has 9 heteroatoms. The van der Waals surface area contributed by atoms with Crippen LogP contribution in [0.1, 0.15) is 58.7 Å². The number of anilines is 1. The van der Waals surface area contributed by atoms with Crippen LogP contribution in [0.15, 0.2) is 55.5 Å². The van der Waals surface area contributed by atoms with Crippen LogP contribution < -0.4 is 4.90 Å². The number of halogens is 3. The van der Waals surface area contributed by atoms with Crippen LogP contribution in [0.5, 0.6) is 0 Å². The molecular formula is C30H31F3N6. The molecule has 0 saturated heterocycles. The lowest BCUT2D eigenvalue weighted by atomic mass is 9.99. The lowest BCUT2D eigenvalue weighted by Crippen LogP contribution is -2.32. The molecule has 0 saturated carbocycles. The van der Waals surface area contributed by atoms with Gasteiger partial charge in [-0.3, -0.25) is 0 Å². The van der Waals surface area contributed by atoms with E-state index < -0.39 is 11.7 Å². The summed E-state index contributed by atoms with van der Waals surface area (Å²) in [6, 6.07) is 8.35. The highest BCUT2D eigenvalue weighted by atomic mass is 19.4. The Kier molecular flexibility index (Phi) is 7.16. The van der Waals surface area contributed by atoms with Gasteiger partial charge in [0.25, 0.3) is 0 Å². The number of allylic oxidation sites excluding steroid dienone is 2. The Hall–Kier alpha value is -4.14. The largest absolute Gasteiger partial charge is 0.419 e. The number of alkyl halides is 3. The molecule has 1 aliphatic heterocycles. The van der Waals surface area contributed by atoms with Crippen LogP contribution in [-0.2, 0) is 32.0 Å². The summed E-state index contributed by atoms with van der Waals surface area (Å²) in [6.45, 7) is 11.7. The quantitative estimate of drug-likeness (QED) is 0.268. The van der Waals surface area contributed by atoms with Gasteiger partial charge in [-0.15, -0.1) is 0 Å². The molecule has 0 amide bonds. The SMILES string of the molecule is C=C(/C=C\c1[nH]ccc1C)c1c2c(nn1-c1c(CC)cccc1CC)CCN(c1ncc(C(F)(F)F)cn1)C2. The number of hydrogen-bond donors (Lipinski definition) is 1. The Morgan fingerprint density at radius 1 is 1.10 bits per heavy atom. The molecule has 202 valence electrons. The highest BCUT2D eigenvalue weighted by Gasteiger charge is 2.33. The second-order valence-corrected chi connectivity index (χ2v) is 9.69. The van der Waals surface area contributed by atoms with Crippen molar-refractivity contribution in [1.29, 1.82) is 0 Å². The number of nitrogens with zero attached hydrogens (tertiary/aromatic N) is 5. The number of hydrogen-bond acceptors (Lipinski definition) is 4. The number of benzene rings is 1. The average molecular weight is 533 g/mol. The fraction of sp³-hybridized carbons (Fsp3) is 0.300. The lowest BCUT2D eigenvalue weighted by Gasteiger charge is -2.27. The topological polar surface area (TPSA) is 62.6 Å². The van der Waals surface area contributed by atoms with Crippen molar-refractivity contribution in [2.24, 2.45) is 0 Å². The third-order valence-corrected chi connectivity index (χ3v) is 7.21. The maximum absolute atomic E-state index is 13.1. The van der Waals surface area contributed by atoms with Gasteiger partial charge in [0, 0.05) is 49.4 Å². The summed E-state index contributed by atoms with van der Waals surface area (Å²) >= 11 is 0. The number of fused-ring (bicyclic) bond motifs is 1. The number of H-pyrrole nitrogens is 1. The van der Waals surface area contributed by atoms with E-state index >= 15 is 0 Å². The zero-order valence-electron chi connectivity index (χ0n) is 22.3. The van der Waals surface area contributed by atoms with E-state index in [1.54, 1.807) is 0 Å². The maximum atomic E-state index is 13.1. The molecule has 0 unspecified atom stereocenters. The first kappa shape index (κ1) is 26.5. The fourth-order valence-electron chi connectivity index (χ4n) is 5.06. The van der Waals surface area contributed by atoms with Crippen LogP contribution in [0, 0.1) is 6.92 Å². The number of aromatic amines is 1. The second kappa shape index (κ2) is 10.6. The van der Waals surface area contributed by atoms with E-state index in [0.29, 0.717) is 19.5 Å². The molecule has 1 N–H and O–H groups in total. The number of aryl methyl sites for hydroxylation is 3. The zero-order valence-corrected chi connectivity index (χ0v) is 22.3. The Balaban J connectivity index is 1.60. The Morgan fingerprint density at radius 2 is 1.79 bits per heavy atom. The predicted octanol–water partition coefficient (Wildman–Crippen LogP) is 6.73. The minimum Gasteiger partial charge on any atom is -0.361 e. The van der Waals surface area contributed by atoms with Crippen molar-refractivity contribution in [3.63, 3.8) is 0 Å². The maximum Gasteiger partial charge on any atom is 0.419 e. The van der Waals surface area contributed by atoms with E-state index in [0.717, 1.165) is 64.7 Å². The van der Waals surface area contributed by atoms with Crippen molar-refractivity contribution in [1.82, 2.24) is 24.7 Å². The Bertz CT molecular complexity index is 1500.